The summed E-state index contributed by atoms with van der Waals surface area (Å²) < 4.78 is 5.80. The van der Waals surface area contributed by atoms with Gasteiger partial charge in [-0.05, 0) is 47.9 Å². The molecule has 1 amide bonds. The Kier molecular flexibility index (Phi) is 4.54. The zero-order valence-electron chi connectivity index (χ0n) is 14.9. The van der Waals surface area contributed by atoms with Crippen molar-refractivity contribution < 1.29 is 9.53 Å². The fourth-order valence-electron chi connectivity index (χ4n) is 2.93. The van der Waals surface area contributed by atoms with Gasteiger partial charge in [0.25, 0.3) is 5.91 Å². The molecule has 0 aliphatic carbocycles. The van der Waals surface area contributed by atoms with E-state index in [1.807, 2.05) is 84.9 Å². The summed E-state index contributed by atoms with van der Waals surface area (Å²) in [6.07, 6.45) is 1.67. The van der Waals surface area contributed by atoms with E-state index in [1.54, 1.807) is 18.1 Å². The highest BCUT2D eigenvalue weighted by molar-refractivity contribution is 6.12. The molecule has 0 saturated heterocycles. The first-order chi connectivity index (χ1) is 13.2. The minimum absolute atomic E-state index is 0.150. The fraction of sp³-hybridized carbons (Fsp3) is 0.0435. The number of rotatable bonds is 4. The van der Waals surface area contributed by atoms with Gasteiger partial charge in [-0.15, -0.1) is 0 Å². The topological polar surface area (TPSA) is 42.4 Å². The van der Waals surface area contributed by atoms with Crippen molar-refractivity contribution in [1.29, 1.82) is 0 Å². The van der Waals surface area contributed by atoms with Gasteiger partial charge in [0.1, 0.15) is 17.2 Å². The Morgan fingerprint density at radius 3 is 2.26 bits per heavy atom. The molecule has 4 aromatic rings. The van der Waals surface area contributed by atoms with Crippen molar-refractivity contribution in [3.05, 3.63) is 96.8 Å². The van der Waals surface area contributed by atoms with Gasteiger partial charge in [0.15, 0.2) is 0 Å². The minimum Gasteiger partial charge on any atom is -0.457 e. The Morgan fingerprint density at radius 1 is 0.815 bits per heavy atom. The predicted molar refractivity (Wildman–Crippen MR) is 107 cm³/mol. The average Bonchev–Trinajstić information content (AvgIpc) is 2.73. The maximum absolute atomic E-state index is 13.0. The van der Waals surface area contributed by atoms with E-state index in [9.17, 15) is 4.79 Å². The number of ether oxygens (including phenoxy) is 1. The Balaban J connectivity index is 1.57. The van der Waals surface area contributed by atoms with Gasteiger partial charge in [0.2, 0.25) is 0 Å². The van der Waals surface area contributed by atoms with Crippen LogP contribution in [0.25, 0.3) is 10.8 Å². The zero-order valence-corrected chi connectivity index (χ0v) is 14.9. The number of pyridine rings is 1. The van der Waals surface area contributed by atoms with Gasteiger partial charge in [-0.1, -0.05) is 42.5 Å². The van der Waals surface area contributed by atoms with Gasteiger partial charge in [-0.3, -0.25) is 9.78 Å². The van der Waals surface area contributed by atoms with Crippen LogP contribution in [0.5, 0.6) is 11.5 Å². The summed E-state index contributed by atoms with van der Waals surface area (Å²) in [6.45, 7) is 0. The van der Waals surface area contributed by atoms with Crippen LogP contribution in [0.2, 0.25) is 0 Å². The van der Waals surface area contributed by atoms with E-state index in [0.717, 1.165) is 22.2 Å². The van der Waals surface area contributed by atoms with Crippen LogP contribution in [0.4, 0.5) is 5.69 Å². The molecule has 27 heavy (non-hydrogen) atoms. The first-order valence-electron chi connectivity index (χ1n) is 8.67. The highest BCUT2D eigenvalue weighted by Crippen LogP contribution is 2.25. The summed E-state index contributed by atoms with van der Waals surface area (Å²) in [5, 5.41) is 1.84. The lowest BCUT2D eigenvalue weighted by Gasteiger charge is -2.18. The summed E-state index contributed by atoms with van der Waals surface area (Å²) in [6, 6.07) is 26.7. The Morgan fingerprint density at radius 2 is 1.48 bits per heavy atom. The summed E-state index contributed by atoms with van der Waals surface area (Å²) in [5.41, 5.74) is 1.22. The van der Waals surface area contributed by atoms with E-state index in [0.29, 0.717) is 11.4 Å². The smallest absolute Gasteiger partial charge is 0.277 e. The molecule has 0 aliphatic heterocycles. The van der Waals surface area contributed by atoms with Crippen LogP contribution in [0.15, 0.2) is 91.1 Å². The molecule has 132 valence electrons. The SMILES string of the molecule is CN(C(=O)c1nccc2ccccc12)c1ccc(Oc2ccccc2)cc1. The summed E-state index contributed by atoms with van der Waals surface area (Å²) in [7, 11) is 1.75. The molecule has 4 heteroatoms. The van der Waals surface area contributed by atoms with Crippen molar-refractivity contribution in [2.45, 2.75) is 0 Å². The van der Waals surface area contributed by atoms with Crippen LogP contribution >= 0.6 is 0 Å². The van der Waals surface area contributed by atoms with E-state index in [-0.39, 0.29) is 5.91 Å². The maximum Gasteiger partial charge on any atom is 0.277 e. The number of hydrogen-bond acceptors (Lipinski definition) is 3. The molecule has 3 aromatic carbocycles. The van der Waals surface area contributed by atoms with Crippen molar-refractivity contribution in [3.8, 4) is 11.5 Å². The number of nitrogens with zero attached hydrogens (tertiary/aromatic N) is 2. The molecule has 0 unspecified atom stereocenters. The molecule has 0 fully saturated rings. The third-order valence-corrected chi connectivity index (χ3v) is 4.38. The van der Waals surface area contributed by atoms with Crippen LogP contribution in [0.3, 0.4) is 0 Å². The average molecular weight is 354 g/mol. The molecule has 0 atom stereocenters. The van der Waals surface area contributed by atoms with Gasteiger partial charge >= 0.3 is 0 Å². The quantitative estimate of drug-likeness (QED) is 0.499. The highest BCUT2D eigenvalue weighted by atomic mass is 16.5. The second-order valence-electron chi connectivity index (χ2n) is 6.15. The zero-order chi connectivity index (χ0) is 18.6. The highest BCUT2D eigenvalue weighted by Gasteiger charge is 2.17. The first kappa shape index (κ1) is 16.8. The van der Waals surface area contributed by atoms with Crippen LogP contribution in [0.1, 0.15) is 10.5 Å². The Bertz CT molecular complexity index is 1070. The number of benzene rings is 3. The number of para-hydroxylation sites is 1. The van der Waals surface area contributed by atoms with E-state index in [2.05, 4.69) is 4.98 Å². The molecule has 0 aliphatic rings. The van der Waals surface area contributed by atoms with Gasteiger partial charge < -0.3 is 9.64 Å². The molecule has 1 heterocycles. The predicted octanol–water partition coefficient (Wildman–Crippen LogP) is 5.30. The molecule has 0 N–H and O–H groups in total. The summed E-state index contributed by atoms with van der Waals surface area (Å²) in [4.78, 5) is 18.9. The van der Waals surface area contributed by atoms with Crippen molar-refractivity contribution in [2.75, 3.05) is 11.9 Å². The van der Waals surface area contributed by atoms with Crippen LogP contribution in [0, 0.1) is 0 Å². The van der Waals surface area contributed by atoms with Gasteiger partial charge in [0.05, 0.1) is 0 Å². The lowest BCUT2D eigenvalue weighted by atomic mass is 10.1. The molecule has 4 nitrogen and oxygen atoms in total. The second kappa shape index (κ2) is 7.30. The number of carbonyl (C=O) groups is 1. The number of amides is 1. The third kappa shape index (κ3) is 3.51. The van der Waals surface area contributed by atoms with Crippen LogP contribution < -0.4 is 9.64 Å². The number of carbonyl (C=O) groups excluding carboxylic acids is 1. The van der Waals surface area contributed by atoms with Crippen molar-refractivity contribution in [2.24, 2.45) is 0 Å². The van der Waals surface area contributed by atoms with E-state index >= 15 is 0 Å². The Labute approximate surface area is 157 Å². The van der Waals surface area contributed by atoms with E-state index in [4.69, 9.17) is 4.74 Å². The van der Waals surface area contributed by atoms with Crippen molar-refractivity contribution in [3.63, 3.8) is 0 Å². The maximum atomic E-state index is 13.0. The minimum atomic E-state index is -0.150. The molecule has 1 aromatic heterocycles. The normalized spacial score (nSPS) is 10.6. The number of aromatic nitrogens is 1. The van der Waals surface area contributed by atoms with Crippen LogP contribution in [-0.4, -0.2) is 17.9 Å². The van der Waals surface area contributed by atoms with Crippen molar-refractivity contribution >= 4 is 22.4 Å². The molecule has 0 bridgehead atoms. The first-order valence-corrected chi connectivity index (χ1v) is 8.67. The summed E-state index contributed by atoms with van der Waals surface area (Å²) in [5.74, 6) is 1.34. The molecular formula is C23H18N2O2. The largest absolute Gasteiger partial charge is 0.457 e. The van der Waals surface area contributed by atoms with Gasteiger partial charge in [-0.2, -0.15) is 0 Å². The molecule has 0 spiro atoms. The van der Waals surface area contributed by atoms with Crippen molar-refractivity contribution in [1.82, 2.24) is 4.98 Å². The van der Waals surface area contributed by atoms with Crippen LogP contribution in [-0.2, 0) is 0 Å². The second-order valence-corrected chi connectivity index (χ2v) is 6.15. The van der Waals surface area contributed by atoms with E-state index in [1.165, 1.54) is 0 Å². The number of hydrogen-bond donors (Lipinski definition) is 0. The Hall–Kier alpha value is -3.66. The molecule has 0 saturated carbocycles. The third-order valence-electron chi connectivity index (χ3n) is 4.38. The van der Waals surface area contributed by atoms with E-state index < -0.39 is 0 Å². The standard InChI is InChI=1S/C23H18N2O2/c1-25(23(26)22-21-10-6-5-7-17(21)15-16-24-22)18-11-13-20(14-12-18)27-19-8-3-2-4-9-19/h2-16H,1H3. The lowest BCUT2D eigenvalue weighted by molar-refractivity contribution is 0.0990. The lowest BCUT2D eigenvalue weighted by Crippen LogP contribution is -2.27. The monoisotopic (exact) mass is 354 g/mol. The fourth-order valence-corrected chi connectivity index (χ4v) is 2.93. The summed E-state index contributed by atoms with van der Waals surface area (Å²) >= 11 is 0. The number of fused-ring (bicyclic) bond motifs is 1. The molecular weight excluding hydrogens is 336 g/mol. The molecule has 4 rings (SSSR count). The molecule has 0 radical (unpaired) electrons. The number of anilines is 1. The van der Waals surface area contributed by atoms with Gasteiger partial charge in [-0.25, -0.2) is 0 Å². The van der Waals surface area contributed by atoms with Gasteiger partial charge in [0, 0.05) is 24.3 Å².